The van der Waals surface area contributed by atoms with Crippen LogP contribution in [0.5, 0.6) is 5.75 Å². The van der Waals surface area contributed by atoms with Gasteiger partial charge in [0.15, 0.2) is 0 Å². The van der Waals surface area contributed by atoms with Crippen LogP contribution >= 0.6 is 0 Å². The van der Waals surface area contributed by atoms with Crippen molar-refractivity contribution in [2.24, 2.45) is 0 Å². The van der Waals surface area contributed by atoms with Gasteiger partial charge in [0.05, 0.1) is 17.9 Å². The smallest absolute Gasteiger partial charge is 0.255 e. The summed E-state index contributed by atoms with van der Waals surface area (Å²) >= 11 is 0. The van der Waals surface area contributed by atoms with E-state index in [4.69, 9.17) is 4.74 Å². The van der Waals surface area contributed by atoms with E-state index in [1.807, 2.05) is 43.3 Å². The highest BCUT2D eigenvalue weighted by molar-refractivity contribution is 7.88. The Bertz CT molecular complexity index is 1190. The van der Waals surface area contributed by atoms with Crippen molar-refractivity contribution >= 4 is 27.4 Å². The number of nitrogens with zero attached hydrogens (tertiary/aromatic N) is 1. The molecule has 2 aromatic carbocycles. The number of aromatic nitrogens is 1. The zero-order valence-corrected chi connectivity index (χ0v) is 20.4. The zero-order chi connectivity index (χ0) is 24.6. The van der Waals surface area contributed by atoms with Gasteiger partial charge in [-0.3, -0.25) is 4.79 Å². The number of carbonyl (C=O) groups is 1. The first-order valence-electron chi connectivity index (χ1n) is 11.1. The van der Waals surface area contributed by atoms with E-state index < -0.39 is 10.0 Å². The first-order valence-corrected chi connectivity index (χ1v) is 12.7. The molecule has 0 radical (unpaired) electrons. The molecule has 1 amide bonds. The lowest BCUT2D eigenvalue weighted by molar-refractivity contribution is 0.0951. The van der Waals surface area contributed by atoms with Gasteiger partial charge < -0.3 is 15.4 Å². The number of hydrogen-bond acceptors (Lipinski definition) is 6. The summed E-state index contributed by atoms with van der Waals surface area (Å²) in [6.07, 6.45) is 1.62. The Morgan fingerprint density at radius 2 is 1.68 bits per heavy atom. The van der Waals surface area contributed by atoms with Gasteiger partial charge in [-0.1, -0.05) is 24.3 Å². The van der Waals surface area contributed by atoms with Gasteiger partial charge >= 0.3 is 0 Å². The molecule has 0 aliphatic heterocycles. The number of hydrogen-bond donors (Lipinski definition) is 3. The van der Waals surface area contributed by atoms with Gasteiger partial charge in [-0.05, 0) is 68.3 Å². The highest BCUT2D eigenvalue weighted by Crippen LogP contribution is 2.21. The molecule has 9 heteroatoms. The number of pyridine rings is 1. The normalized spacial score (nSPS) is 11.3. The van der Waals surface area contributed by atoms with Crippen molar-refractivity contribution in [2.45, 2.75) is 39.1 Å². The van der Waals surface area contributed by atoms with E-state index in [0.717, 1.165) is 17.0 Å². The summed E-state index contributed by atoms with van der Waals surface area (Å²) in [5.74, 6) is 0.859. The maximum Gasteiger partial charge on any atom is 0.255 e. The minimum Gasteiger partial charge on any atom is -0.494 e. The summed E-state index contributed by atoms with van der Waals surface area (Å²) in [5.41, 5.74) is 2.74. The van der Waals surface area contributed by atoms with Crippen LogP contribution in [0.3, 0.4) is 0 Å². The van der Waals surface area contributed by atoms with Crippen LogP contribution in [-0.4, -0.2) is 32.0 Å². The number of benzene rings is 2. The molecule has 8 nitrogen and oxygen atoms in total. The van der Waals surface area contributed by atoms with E-state index in [-0.39, 0.29) is 17.7 Å². The van der Waals surface area contributed by atoms with Crippen LogP contribution in [0, 0.1) is 0 Å². The fraction of sp³-hybridized carbons (Fsp3) is 0.280. The fourth-order valence-corrected chi connectivity index (χ4v) is 4.71. The molecule has 3 aromatic rings. The van der Waals surface area contributed by atoms with E-state index in [0.29, 0.717) is 30.1 Å². The second-order valence-corrected chi connectivity index (χ2v) is 9.77. The molecule has 1 heterocycles. The Labute approximate surface area is 200 Å². The van der Waals surface area contributed by atoms with Crippen LogP contribution in [0.1, 0.15) is 42.3 Å². The first kappa shape index (κ1) is 25.2. The van der Waals surface area contributed by atoms with Crippen molar-refractivity contribution in [3.63, 3.8) is 0 Å². The molecule has 3 N–H and O–H groups in total. The summed E-state index contributed by atoms with van der Waals surface area (Å²) in [7, 11) is -3.39. The summed E-state index contributed by atoms with van der Waals surface area (Å²) < 4.78 is 32.2. The van der Waals surface area contributed by atoms with E-state index in [1.165, 1.54) is 0 Å². The molecule has 0 saturated carbocycles. The van der Waals surface area contributed by atoms with Gasteiger partial charge in [0.1, 0.15) is 11.6 Å². The minimum absolute atomic E-state index is 0.0892. The third-order valence-corrected chi connectivity index (χ3v) is 6.27. The second kappa shape index (κ2) is 11.6. The zero-order valence-electron chi connectivity index (χ0n) is 19.5. The van der Waals surface area contributed by atoms with Crippen molar-refractivity contribution in [3.8, 4) is 5.75 Å². The number of anilines is 2. The van der Waals surface area contributed by atoms with Gasteiger partial charge in [-0.2, -0.15) is 0 Å². The van der Waals surface area contributed by atoms with Gasteiger partial charge in [0.2, 0.25) is 10.0 Å². The van der Waals surface area contributed by atoms with E-state index >= 15 is 0 Å². The molecule has 180 valence electrons. The fourth-order valence-electron chi connectivity index (χ4n) is 3.28. The quantitative estimate of drug-likeness (QED) is 0.381. The van der Waals surface area contributed by atoms with Crippen LogP contribution in [0.25, 0.3) is 0 Å². The van der Waals surface area contributed by atoms with Crippen molar-refractivity contribution in [1.29, 1.82) is 0 Å². The predicted molar refractivity (Wildman–Crippen MR) is 134 cm³/mol. The van der Waals surface area contributed by atoms with Crippen LogP contribution in [-0.2, 0) is 22.3 Å². The van der Waals surface area contributed by atoms with Crippen molar-refractivity contribution < 1.29 is 17.9 Å². The van der Waals surface area contributed by atoms with Crippen LogP contribution in [0.2, 0.25) is 0 Å². The molecule has 0 atom stereocenters. The standard InChI is InChI=1S/C25H30N4O4S/c1-4-33-22-13-11-21(12-14-22)28-24-23(6-5-15-26-24)25(30)27-16-19-7-9-20(10-8-19)17-34(31,32)29-18(2)3/h5-15,18,29H,4,16-17H2,1-3H3,(H,26,28)(H,27,30). The lowest BCUT2D eigenvalue weighted by atomic mass is 10.1. The van der Waals surface area contributed by atoms with Gasteiger partial charge in [0, 0.05) is 24.5 Å². The number of amides is 1. The van der Waals surface area contributed by atoms with Crippen molar-refractivity contribution in [2.75, 3.05) is 11.9 Å². The number of rotatable bonds is 11. The second-order valence-electron chi connectivity index (χ2n) is 8.01. The van der Waals surface area contributed by atoms with Gasteiger partial charge in [-0.15, -0.1) is 0 Å². The maximum absolute atomic E-state index is 12.8. The molecular formula is C25H30N4O4S. The molecular weight excluding hydrogens is 452 g/mol. The Kier molecular flexibility index (Phi) is 8.61. The Balaban J connectivity index is 1.61. The van der Waals surface area contributed by atoms with Crippen molar-refractivity contribution in [1.82, 2.24) is 15.0 Å². The lowest BCUT2D eigenvalue weighted by Gasteiger charge is -2.12. The molecule has 0 aliphatic rings. The monoisotopic (exact) mass is 482 g/mol. The third-order valence-electron chi connectivity index (χ3n) is 4.73. The highest BCUT2D eigenvalue weighted by Gasteiger charge is 2.14. The topological polar surface area (TPSA) is 109 Å². The van der Waals surface area contributed by atoms with Gasteiger partial charge in [-0.25, -0.2) is 18.1 Å². The molecule has 0 saturated heterocycles. The maximum atomic E-state index is 12.8. The van der Waals surface area contributed by atoms with Crippen LogP contribution in [0.4, 0.5) is 11.5 Å². The predicted octanol–water partition coefficient (Wildman–Crippen LogP) is 3.98. The largest absolute Gasteiger partial charge is 0.494 e. The molecule has 0 bridgehead atoms. The van der Waals surface area contributed by atoms with Crippen molar-refractivity contribution in [3.05, 3.63) is 83.6 Å². The SMILES string of the molecule is CCOc1ccc(Nc2ncccc2C(=O)NCc2ccc(CS(=O)(=O)NC(C)C)cc2)cc1. The van der Waals surface area contributed by atoms with E-state index in [2.05, 4.69) is 20.3 Å². The van der Waals surface area contributed by atoms with Crippen LogP contribution < -0.4 is 20.1 Å². The molecule has 34 heavy (non-hydrogen) atoms. The lowest BCUT2D eigenvalue weighted by Crippen LogP contribution is -2.31. The third kappa shape index (κ3) is 7.57. The summed E-state index contributed by atoms with van der Waals surface area (Å²) in [6.45, 7) is 6.38. The number of sulfonamides is 1. The summed E-state index contributed by atoms with van der Waals surface area (Å²) in [5, 5.41) is 6.06. The average Bonchev–Trinajstić information content (AvgIpc) is 2.79. The summed E-state index contributed by atoms with van der Waals surface area (Å²) in [4.78, 5) is 17.1. The first-order chi connectivity index (χ1) is 16.3. The number of nitrogens with one attached hydrogen (secondary N) is 3. The van der Waals surface area contributed by atoms with E-state index in [9.17, 15) is 13.2 Å². The minimum atomic E-state index is -3.39. The molecule has 0 aliphatic carbocycles. The highest BCUT2D eigenvalue weighted by atomic mass is 32.2. The van der Waals surface area contributed by atoms with E-state index in [1.54, 1.807) is 44.3 Å². The average molecular weight is 483 g/mol. The Morgan fingerprint density at radius 1 is 1.00 bits per heavy atom. The van der Waals surface area contributed by atoms with Crippen LogP contribution in [0.15, 0.2) is 66.9 Å². The number of carbonyl (C=O) groups excluding carboxylic acids is 1. The number of ether oxygens (including phenoxy) is 1. The van der Waals surface area contributed by atoms with Gasteiger partial charge in [0.25, 0.3) is 5.91 Å². The Morgan fingerprint density at radius 3 is 2.32 bits per heavy atom. The molecule has 3 rings (SSSR count). The molecule has 0 fully saturated rings. The molecule has 1 aromatic heterocycles. The Hall–Kier alpha value is -3.43. The molecule has 0 unspecified atom stereocenters. The molecule has 0 spiro atoms. The summed E-state index contributed by atoms with van der Waals surface area (Å²) in [6, 6.07) is 17.8.